The van der Waals surface area contributed by atoms with Crippen LogP contribution in [0.3, 0.4) is 0 Å². The van der Waals surface area contributed by atoms with Crippen molar-refractivity contribution in [3.63, 3.8) is 0 Å². The number of carbonyl (C=O) groups excluding carboxylic acids is 1. The zero-order chi connectivity index (χ0) is 15.3. The third-order valence-electron chi connectivity index (χ3n) is 5.86. The van der Waals surface area contributed by atoms with Crippen LogP contribution in [0.5, 0.6) is 0 Å². The molecule has 0 aromatic carbocycles. The first-order valence-electron chi connectivity index (χ1n) is 8.43. The highest BCUT2D eigenvalue weighted by Crippen LogP contribution is 2.62. The van der Waals surface area contributed by atoms with E-state index in [1.165, 1.54) is 32.1 Å². The lowest BCUT2D eigenvalue weighted by Gasteiger charge is -2.63. The fraction of sp³-hybridized carbons (Fsp3) is 0.941. The number of carbonyl (C=O) groups is 1. The number of aliphatic hydroxyl groups is 1. The highest BCUT2D eigenvalue weighted by Gasteiger charge is 2.58. The Kier molecular flexibility index (Phi) is 3.71. The molecular formula is C17H29NO3. The molecule has 120 valence electrons. The van der Waals surface area contributed by atoms with E-state index in [0.29, 0.717) is 29.8 Å². The summed E-state index contributed by atoms with van der Waals surface area (Å²) in [7, 11) is 0. The molecule has 2 bridgehead atoms. The monoisotopic (exact) mass is 295 g/mol. The lowest BCUT2D eigenvalue weighted by atomic mass is 9.46. The van der Waals surface area contributed by atoms with Crippen molar-refractivity contribution >= 4 is 6.09 Å². The Morgan fingerprint density at radius 2 is 1.81 bits per heavy atom. The van der Waals surface area contributed by atoms with E-state index in [1.54, 1.807) is 0 Å². The van der Waals surface area contributed by atoms with Crippen LogP contribution in [0, 0.1) is 23.2 Å². The molecule has 3 aliphatic rings. The fourth-order valence-electron chi connectivity index (χ4n) is 4.96. The number of nitrogens with zero attached hydrogens (tertiary/aromatic N) is 1. The second-order valence-corrected chi connectivity index (χ2v) is 8.40. The summed E-state index contributed by atoms with van der Waals surface area (Å²) in [6.07, 6.45) is 5.94. The molecule has 2 aliphatic carbocycles. The molecular weight excluding hydrogens is 266 g/mol. The van der Waals surface area contributed by atoms with Gasteiger partial charge in [0.25, 0.3) is 0 Å². The average molecular weight is 295 g/mol. The number of rotatable bonds is 1. The molecule has 2 unspecified atom stereocenters. The summed E-state index contributed by atoms with van der Waals surface area (Å²) in [5.74, 6) is 1.72. The molecule has 1 amide bonds. The largest absolute Gasteiger partial charge is 0.444 e. The van der Waals surface area contributed by atoms with Gasteiger partial charge in [-0.3, -0.25) is 0 Å². The van der Waals surface area contributed by atoms with Crippen LogP contribution in [-0.2, 0) is 4.74 Å². The van der Waals surface area contributed by atoms with E-state index in [-0.39, 0.29) is 6.09 Å². The van der Waals surface area contributed by atoms with E-state index in [9.17, 15) is 9.90 Å². The van der Waals surface area contributed by atoms with Crippen molar-refractivity contribution in [2.45, 2.75) is 58.5 Å². The summed E-state index contributed by atoms with van der Waals surface area (Å²) >= 11 is 0. The van der Waals surface area contributed by atoms with Crippen LogP contribution in [-0.4, -0.2) is 41.4 Å². The van der Waals surface area contributed by atoms with Crippen molar-refractivity contribution in [1.29, 1.82) is 0 Å². The third kappa shape index (κ3) is 2.67. The highest BCUT2D eigenvalue weighted by atomic mass is 16.6. The molecule has 1 spiro atoms. The lowest BCUT2D eigenvalue weighted by Crippen LogP contribution is -2.62. The van der Waals surface area contributed by atoms with Crippen LogP contribution in [0.4, 0.5) is 4.79 Å². The van der Waals surface area contributed by atoms with Gasteiger partial charge >= 0.3 is 6.09 Å². The molecule has 1 saturated heterocycles. The summed E-state index contributed by atoms with van der Waals surface area (Å²) in [5.41, 5.74) is 0.00391. The van der Waals surface area contributed by atoms with Gasteiger partial charge in [0.1, 0.15) is 5.60 Å². The minimum atomic E-state index is -0.417. The Hall–Kier alpha value is -0.770. The molecule has 4 nitrogen and oxygen atoms in total. The second-order valence-electron chi connectivity index (χ2n) is 8.40. The van der Waals surface area contributed by atoms with Crippen LogP contribution in [0.1, 0.15) is 52.9 Å². The molecule has 3 fully saturated rings. The maximum Gasteiger partial charge on any atom is 0.410 e. The first kappa shape index (κ1) is 15.1. The molecule has 21 heavy (non-hydrogen) atoms. The van der Waals surface area contributed by atoms with Crippen LogP contribution in [0.25, 0.3) is 0 Å². The molecule has 0 aromatic heterocycles. The number of piperidine rings is 1. The van der Waals surface area contributed by atoms with Crippen molar-refractivity contribution < 1.29 is 14.6 Å². The molecule has 4 heteroatoms. The summed E-state index contributed by atoms with van der Waals surface area (Å²) < 4.78 is 5.55. The molecule has 1 aliphatic heterocycles. The van der Waals surface area contributed by atoms with Gasteiger partial charge in [-0.15, -0.1) is 0 Å². The van der Waals surface area contributed by atoms with Gasteiger partial charge in [-0.25, -0.2) is 4.79 Å². The quantitative estimate of drug-likeness (QED) is 0.809. The van der Waals surface area contributed by atoms with Crippen LogP contribution < -0.4 is 0 Å². The molecule has 0 radical (unpaired) electrons. The first-order valence-corrected chi connectivity index (χ1v) is 8.43. The third-order valence-corrected chi connectivity index (χ3v) is 5.86. The van der Waals surface area contributed by atoms with Crippen molar-refractivity contribution in [3.05, 3.63) is 0 Å². The normalized spacial score (nSPS) is 39.0. The van der Waals surface area contributed by atoms with Crippen LogP contribution in [0.15, 0.2) is 0 Å². The van der Waals surface area contributed by atoms with Gasteiger partial charge in [0, 0.05) is 19.7 Å². The van der Waals surface area contributed by atoms with Crippen molar-refractivity contribution in [2.24, 2.45) is 23.2 Å². The zero-order valence-electron chi connectivity index (χ0n) is 13.6. The van der Waals surface area contributed by atoms with Gasteiger partial charge in [-0.05, 0) is 69.6 Å². The SMILES string of the molecule is CC(C)(C)OC(=O)N1CC2CCCC(C1)C21CC(CO)C1. The minimum absolute atomic E-state index is 0.146. The van der Waals surface area contributed by atoms with Gasteiger partial charge in [0.15, 0.2) is 0 Å². The van der Waals surface area contributed by atoms with Gasteiger partial charge in [0.2, 0.25) is 0 Å². The van der Waals surface area contributed by atoms with E-state index in [2.05, 4.69) is 0 Å². The van der Waals surface area contributed by atoms with E-state index in [0.717, 1.165) is 13.1 Å². The molecule has 1 N–H and O–H groups in total. The summed E-state index contributed by atoms with van der Waals surface area (Å²) in [4.78, 5) is 14.3. The van der Waals surface area contributed by atoms with Gasteiger partial charge in [-0.1, -0.05) is 6.42 Å². The molecule has 1 heterocycles. The number of ether oxygens (including phenoxy) is 1. The number of amides is 1. The number of hydrogen-bond acceptors (Lipinski definition) is 3. The smallest absolute Gasteiger partial charge is 0.410 e. The second kappa shape index (κ2) is 5.15. The maximum absolute atomic E-state index is 12.3. The van der Waals surface area contributed by atoms with E-state index < -0.39 is 5.60 Å². The number of hydrogen-bond donors (Lipinski definition) is 1. The zero-order valence-corrected chi connectivity index (χ0v) is 13.6. The topological polar surface area (TPSA) is 49.8 Å². The summed E-state index contributed by atoms with van der Waals surface area (Å²) in [5, 5.41) is 9.35. The maximum atomic E-state index is 12.3. The van der Waals surface area contributed by atoms with Gasteiger partial charge in [-0.2, -0.15) is 0 Å². The Labute approximate surface area is 127 Å². The average Bonchev–Trinajstić information content (AvgIpc) is 2.31. The Bertz CT molecular complexity index is 393. The van der Waals surface area contributed by atoms with E-state index >= 15 is 0 Å². The summed E-state index contributed by atoms with van der Waals surface area (Å²) in [6, 6.07) is 0. The Morgan fingerprint density at radius 3 is 2.29 bits per heavy atom. The summed E-state index contributed by atoms with van der Waals surface area (Å²) in [6.45, 7) is 7.81. The van der Waals surface area contributed by atoms with E-state index in [4.69, 9.17) is 4.74 Å². The Balaban J connectivity index is 1.68. The van der Waals surface area contributed by atoms with Crippen molar-refractivity contribution in [2.75, 3.05) is 19.7 Å². The Morgan fingerprint density at radius 1 is 1.24 bits per heavy atom. The molecule has 0 aromatic rings. The predicted molar refractivity (Wildman–Crippen MR) is 80.9 cm³/mol. The molecule has 2 atom stereocenters. The number of likely N-dealkylation sites (tertiary alicyclic amines) is 1. The predicted octanol–water partition coefficient (Wildman–Crippen LogP) is 3.04. The highest BCUT2D eigenvalue weighted by molar-refractivity contribution is 5.68. The van der Waals surface area contributed by atoms with Crippen LogP contribution >= 0.6 is 0 Å². The van der Waals surface area contributed by atoms with Gasteiger partial charge < -0.3 is 14.7 Å². The first-order chi connectivity index (χ1) is 9.84. The molecule has 2 saturated carbocycles. The van der Waals surface area contributed by atoms with E-state index in [1.807, 2.05) is 25.7 Å². The van der Waals surface area contributed by atoms with Crippen molar-refractivity contribution in [3.8, 4) is 0 Å². The molecule has 3 rings (SSSR count). The van der Waals surface area contributed by atoms with Gasteiger partial charge in [0.05, 0.1) is 0 Å². The minimum Gasteiger partial charge on any atom is -0.444 e. The lowest BCUT2D eigenvalue weighted by molar-refractivity contribution is -0.144. The standard InChI is InChI=1S/C17H29NO3/c1-16(2,3)21-15(20)18-9-13-5-4-6-14(10-18)17(13)7-12(8-17)11-19/h12-14,19H,4-11H2,1-3H3. The van der Waals surface area contributed by atoms with Crippen LogP contribution in [0.2, 0.25) is 0 Å². The van der Waals surface area contributed by atoms with Crippen molar-refractivity contribution in [1.82, 2.24) is 4.90 Å². The number of aliphatic hydroxyl groups excluding tert-OH is 1. The fourth-order valence-corrected chi connectivity index (χ4v) is 4.96.